The van der Waals surface area contributed by atoms with Crippen molar-refractivity contribution in [3.63, 3.8) is 0 Å². The van der Waals surface area contributed by atoms with Crippen molar-refractivity contribution in [2.24, 2.45) is 17.8 Å². The van der Waals surface area contributed by atoms with Crippen LogP contribution in [-0.2, 0) is 9.05 Å². The molecule has 1 aromatic carbocycles. The summed E-state index contributed by atoms with van der Waals surface area (Å²) in [6.07, 6.45) is 4.57. The SMILES string of the molecule is O=S(=O)(Cl)c1cc(F)cc(F)c1OCC1CC2CCC1C2. The molecule has 116 valence electrons. The van der Waals surface area contributed by atoms with Crippen LogP contribution in [0.15, 0.2) is 17.0 Å². The van der Waals surface area contributed by atoms with Crippen molar-refractivity contribution < 1.29 is 21.9 Å². The van der Waals surface area contributed by atoms with Crippen LogP contribution in [0.5, 0.6) is 5.75 Å². The maximum absolute atomic E-state index is 13.8. The topological polar surface area (TPSA) is 43.4 Å². The summed E-state index contributed by atoms with van der Waals surface area (Å²) >= 11 is 0. The van der Waals surface area contributed by atoms with E-state index in [-0.39, 0.29) is 6.61 Å². The fraction of sp³-hybridized carbons (Fsp3) is 0.571. The number of fused-ring (bicyclic) bond motifs is 2. The zero-order valence-corrected chi connectivity index (χ0v) is 12.8. The van der Waals surface area contributed by atoms with Gasteiger partial charge >= 0.3 is 0 Å². The van der Waals surface area contributed by atoms with Crippen LogP contribution in [0.2, 0.25) is 0 Å². The van der Waals surface area contributed by atoms with E-state index in [4.69, 9.17) is 15.4 Å². The molecule has 2 aliphatic rings. The molecule has 2 fully saturated rings. The third-order valence-electron chi connectivity index (χ3n) is 4.56. The minimum absolute atomic E-state index is 0.239. The molecule has 3 rings (SSSR count). The van der Waals surface area contributed by atoms with E-state index < -0.39 is 31.3 Å². The fourth-order valence-corrected chi connectivity index (χ4v) is 4.60. The minimum Gasteiger partial charge on any atom is -0.489 e. The summed E-state index contributed by atoms with van der Waals surface area (Å²) in [7, 11) is 0.958. The first-order valence-electron chi connectivity index (χ1n) is 6.91. The zero-order chi connectivity index (χ0) is 15.2. The quantitative estimate of drug-likeness (QED) is 0.787. The molecule has 2 bridgehead atoms. The summed E-state index contributed by atoms with van der Waals surface area (Å²) in [6.45, 7) is 0.239. The van der Waals surface area contributed by atoms with Gasteiger partial charge in [-0.05, 0) is 43.1 Å². The van der Waals surface area contributed by atoms with Gasteiger partial charge in [-0.2, -0.15) is 0 Å². The summed E-state index contributed by atoms with van der Waals surface area (Å²) < 4.78 is 55.2. The molecular weight excluding hydrogens is 322 g/mol. The fourth-order valence-electron chi connectivity index (χ4n) is 3.63. The van der Waals surface area contributed by atoms with Crippen molar-refractivity contribution in [2.75, 3.05) is 6.61 Å². The number of rotatable bonds is 4. The Hall–Kier alpha value is -0.880. The van der Waals surface area contributed by atoms with E-state index in [2.05, 4.69) is 0 Å². The average Bonchev–Trinajstić information content (AvgIpc) is 2.98. The lowest BCUT2D eigenvalue weighted by Gasteiger charge is -2.22. The van der Waals surface area contributed by atoms with Crippen molar-refractivity contribution >= 4 is 19.7 Å². The van der Waals surface area contributed by atoms with Gasteiger partial charge in [0, 0.05) is 16.7 Å². The van der Waals surface area contributed by atoms with Crippen molar-refractivity contribution in [1.82, 2.24) is 0 Å². The van der Waals surface area contributed by atoms with Crippen LogP contribution in [0.3, 0.4) is 0 Å². The standard InChI is InChI=1S/C14H15ClF2O3S/c15-21(18,19)13-6-11(16)5-12(17)14(13)20-7-10-4-8-1-2-9(10)3-8/h5-6,8-10H,1-4,7H2. The summed E-state index contributed by atoms with van der Waals surface area (Å²) in [5.41, 5.74) is 0. The maximum atomic E-state index is 13.8. The van der Waals surface area contributed by atoms with Crippen molar-refractivity contribution in [1.29, 1.82) is 0 Å². The van der Waals surface area contributed by atoms with Crippen LogP contribution >= 0.6 is 10.7 Å². The van der Waals surface area contributed by atoms with Crippen LogP contribution < -0.4 is 4.74 Å². The normalized spacial score (nSPS) is 28.0. The Morgan fingerprint density at radius 3 is 2.57 bits per heavy atom. The summed E-state index contributed by atoms with van der Waals surface area (Å²) in [6, 6.07) is 1.28. The van der Waals surface area contributed by atoms with E-state index in [1.807, 2.05) is 0 Å². The number of hydrogen-bond acceptors (Lipinski definition) is 3. The number of benzene rings is 1. The number of halogens is 3. The van der Waals surface area contributed by atoms with Crippen LogP contribution in [0.1, 0.15) is 25.7 Å². The Balaban J connectivity index is 1.81. The maximum Gasteiger partial charge on any atom is 0.265 e. The van der Waals surface area contributed by atoms with Gasteiger partial charge in [0.15, 0.2) is 11.6 Å². The Morgan fingerprint density at radius 1 is 1.24 bits per heavy atom. The van der Waals surface area contributed by atoms with Gasteiger partial charge in [0.05, 0.1) is 6.61 Å². The molecule has 0 aromatic heterocycles. The van der Waals surface area contributed by atoms with Gasteiger partial charge in [0.2, 0.25) is 0 Å². The Labute approximate surface area is 126 Å². The van der Waals surface area contributed by atoms with Crippen LogP contribution in [0, 0.1) is 29.4 Å². The first kappa shape index (κ1) is 15.0. The lowest BCUT2D eigenvalue weighted by molar-refractivity contribution is 0.185. The molecule has 3 unspecified atom stereocenters. The minimum atomic E-state index is -4.27. The van der Waals surface area contributed by atoms with Gasteiger partial charge in [-0.15, -0.1) is 0 Å². The molecule has 2 aliphatic carbocycles. The summed E-state index contributed by atoms with van der Waals surface area (Å²) in [5.74, 6) is -0.947. The van der Waals surface area contributed by atoms with Crippen molar-refractivity contribution in [3.05, 3.63) is 23.8 Å². The summed E-state index contributed by atoms with van der Waals surface area (Å²) in [4.78, 5) is -0.648. The second kappa shape index (κ2) is 5.39. The third-order valence-corrected chi connectivity index (χ3v) is 5.89. The molecule has 21 heavy (non-hydrogen) atoms. The molecule has 0 spiro atoms. The van der Waals surface area contributed by atoms with Gasteiger partial charge in [-0.1, -0.05) is 6.42 Å². The van der Waals surface area contributed by atoms with E-state index >= 15 is 0 Å². The highest BCUT2D eigenvalue weighted by molar-refractivity contribution is 8.13. The lowest BCUT2D eigenvalue weighted by Crippen LogP contribution is -2.19. The van der Waals surface area contributed by atoms with Gasteiger partial charge in [0.1, 0.15) is 10.7 Å². The highest BCUT2D eigenvalue weighted by Gasteiger charge is 2.40. The highest BCUT2D eigenvalue weighted by atomic mass is 35.7. The Kier molecular flexibility index (Phi) is 3.86. The lowest BCUT2D eigenvalue weighted by atomic mass is 9.89. The van der Waals surface area contributed by atoms with Crippen molar-refractivity contribution in [2.45, 2.75) is 30.6 Å². The van der Waals surface area contributed by atoms with E-state index in [1.54, 1.807) is 0 Å². The predicted molar refractivity (Wildman–Crippen MR) is 73.8 cm³/mol. The number of hydrogen-bond donors (Lipinski definition) is 0. The third kappa shape index (κ3) is 3.01. The first-order chi connectivity index (χ1) is 9.84. The smallest absolute Gasteiger partial charge is 0.265 e. The van der Waals surface area contributed by atoms with Gasteiger partial charge in [-0.3, -0.25) is 0 Å². The first-order valence-corrected chi connectivity index (χ1v) is 9.22. The van der Waals surface area contributed by atoms with Gasteiger partial charge in [0.25, 0.3) is 9.05 Å². The molecule has 3 nitrogen and oxygen atoms in total. The molecule has 0 N–H and O–H groups in total. The molecule has 0 amide bonds. The van der Waals surface area contributed by atoms with E-state index in [9.17, 15) is 17.2 Å². The second-order valence-corrected chi connectivity index (χ2v) is 8.43. The molecule has 7 heteroatoms. The monoisotopic (exact) mass is 336 g/mol. The Bertz CT molecular complexity index is 662. The molecule has 0 radical (unpaired) electrons. The Morgan fingerprint density at radius 2 is 2.00 bits per heavy atom. The molecule has 0 aliphatic heterocycles. The molecule has 1 aromatic rings. The number of ether oxygens (including phenoxy) is 1. The van der Waals surface area contributed by atoms with Crippen LogP contribution in [0.25, 0.3) is 0 Å². The molecule has 3 atom stereocenters. The summed E-state index contributed by atoms with van der Waals surface area (Å²) in [5, 5.41) is 0. The highest BCUT2D eigenvalue weighted by Crippen LogP contribution is 2.48. The van der Waals surface area contributed by atoms with Gasteiger partial charge < -0.3 is 4.74 Å². The second-order valence-electron chi connectivity index (χ2n) is 5.90. The van der Waals surface area contributed by atoms with E-state index in [0.29, 0.717) is 29.9 Å². The van der Waals surface area contributed by atoms with Crippen LogP contribution in [0.4, 0.5) is 8.78 Å². The van der Waals surface area contributed by atoms with Gasteiger partial charge in [-0.25, -0.2) is 17.2 Å². The molecular formula is C14H15ClF2O3S. The predicted octanol–water partition coefficient (Wildman–Crippen LogP) is 3.71. The van der Waals surface area contributed by atoms with Crippen molar-refractivity contribution in [3.8, 4) is 5.75 Å². The molecule has 2 saturated carbocycles. The van der Waals surface area contributed by atoms with E-state index in [1.165, 1.54) is 12.8 Å². The zero-order valence-electron chi connectivity index (χ0n) is 11.2. The average molecular weight is 337 g/mol. The van der Waals surface area contributed by atoms with E-state index in [0.717, 1.165) is 12.8 Å². The molecule has 0 saturated heterocycles. The largest absolute Gasteiger partial charge is 0.489 e. The van der Waals surface area contributed by atoms with Crippen LogP contribution in [-0.4, -0.2) is 15.0 Å². The molecule has 0 heterocycles.